The van der Waals surface area contributed by atoms with Crippen LogP contribution in [-0.2, 0) is 19.4 Å². The van der Waals surface area contributed by atoms with E-state index in [0.29, 0.717) is 12.1 Å². The summed E-state index contributed by atoms with van der Waals surface area (Å²) in [5.74, 6) is 2.20. The first-order valence-corrected chi connectivity index (χ1v) is 8.68. The second-order valence-corrected chi connectivity index (χ2v) is 6.85. The molecular weight excluding hydrogens is 286 g/mol. The number of fused-ring (bicyclic) bond motifs is 2. The number of aryl methyl sites for hydroxylation is 2. The smallest absolute Gasteiger partial charge is 0.126 e. The lowest BCUT2D eigenvalue weighted by molar-refractivity contribution is 0.404. The molecular formula is C19H25N3O. The Labute approximate surface area is 137 Å². The Kier molecular flexibility index (Phi) is 3.85. The van der Waals surface area contributed by atoms with Crippen molar-refractivity contribution in [2.24, 2.45) is 0 Å². The molecule has 2 aromatic rings. The molecule has 1 N–H and O–H groups in total. The van der Waals surface area contributed by atoms with Crippen LogP contribution in [0.4, 0.5) is 0 Å². The Bertz CT molecular complexity index is 707. The first-order chi connectivity index (χ1) is 11.2. The largest absolute Gasteiger partial charge is 0.497 e. The first kappa shape index (κ1) is 14.8. The van der Waals surface area contributed by atoms with E-state index in [1.54, 1.807) is 7.11 Å². The van der Waals surface area contributed by atoms with Gasteiger partial charge in [-0.2, -0.15) is 0 Å². The zero-order chi connectivity index (χ0) is 15.8. The Morgan fingerprint density at radius 2 is 2.17 bits per heavy atom. The van der Waals surface area contributed by atoms with E-state index >= 15 is 0 Å². The van der Waals surface area contributed by atoms with Crippen molar-refractivity contribution in [2.45, 2.75) is 57.7 Å². The van der Waals surface area contributed by atoms with E-state index in [-0.39, 0.29) is 0 Å². The van der Waals surface area contributed by atoms with Crippen molar-refractivity contribution in [3.05, 3.63) is 47.0 Å². The van der Waals surface area contributed by atoms with Gasteiger partial charge in [-0.1, -0.05) is 6.07 Å². The standard InChI is InChI=1S/C19H25N3O/c1-13-12-20-19-18(8-9-22(13)19)21-16-5-3-4-14-11-17(23-2)7-6-15(14)10-16/h6-7,11-12,16,18,21H,3-5,8-10H2,1-2H3. The van der Waals surface area contributed by atoms with Crippen LogP contribution in [0, 0.1) is 6.92 Å². The van der Waals surface area contributed by atoms with Crippen LogP contribution in [0.3, 0.4) is 0 Å². The Morgan fingerprint density at radius 3 is 3.04 bits per heavy atom. The molecule has 0 saturated heterocycles. The van der Waals surface area contributed by atoms with E-state index in [1.165, 1.54) is 35.5 Å². The van der Waals surface area contributed by atoms with Gasteiger partial charge in [-0.05, 0) is 62.3 Å². The molecule has 0 fully saturated rings. The second kappa shape index (κ2) is 6.00. The molecule has 0 radical (unpaired) electrons. The quantitative estimate of drug-likeness (QED) is 0.885. The highest BCUT2D eigenvalue weighted by atomic mass is 16.5. The van der Waals surface area contributed by atoms with Crippen LogP contribution in [-0.4, -0.2) is 22.7 Å². The molecule has 1 aliphatic heterocycles. The number of rotatable bonds is 3. The molecule has 0 spiro atoms. The summed E-state index contributed by atoms with van der Waals surface area (Å²) in [6.07, 6.45) is 7.89. The summed E-state index contributed by atoms with van der Waals surface area (Å²) in [5, 5.41) is 3.88. The van der Waals surface area contributed by atoms with Crippen molar-refractivity contribution in [2.75, 3.05) is 7.11 Å². The molecule has 23 heavy (non-hydrogen) atoms. The lowest BCUT2D eigenvalue weighted by Crippen LogP contribution is -2.33. The summed E-state index contributed by atoms with van der Waals surface area (Å²) in [5.41, 5.74) is 4.21. The van der Waals surface area contributed by atoms with E-state index in [9.17, 15) is 0 Å². The fourth-order valence-corrected chi connectivity index (χ4v) is 4.09. The van der Waals surface area contributed by atoms with Crippen LogP contribution in [0.1, 0.15) is 47.9 Å². The maximum atomic E-state index is 5.37. The summed E-state index contributed by atoms with van der Waals surface area (Å²) in [4.78, 5) is 4.62. The van der Waals surface area contributed by atoms with Gasteiger partial charge in [0.15, 0.2) is 0 Å². The van der Waals surface area contributed by atoms with Crippen LogP contribution in [0.5, 0.6) is 5.75 Å². The van der Waals surface area contributed by atoms with Gasteiger partial charge in [-0.3, -0.25) is 0 Å². The van der Waals surface area contributed by atoms with Crippen LogP contribution >= 0.6 is 0 Å². The molecule has 122 valence electrons. The third kappa shape index (κ3) is 2.76. The Morgan fingerprint density at radius 1 is 1.26 bits per heavy atom. The molecule has 0 bridgehead atoms. The molecule has 2 atom stereocenters. The topological polar surface area (TPSA) is 39.1 Å². The minimum atomic E-state index is 0.411. The van der Waals surface area contributed by atoms with Crippen molar-refractivity contribution in [3.63, 3.8) is 0 Å². The molecule has 2 aliphatic rings. The van der Waals surface area contributed by atoms with Gasteiger partial charge in [0, 0.05) is 24.5 Å². The molecule has 2 heterocycles. The van der Waals surface area contributed by atoms with E-state index in [0.717, 1.165) is 31.6 Å². The monoisotopic (exact) mass is 311 g/mol. The number of nitrogens with one attached hydrogen (secondary N) is 1. The van der Waals surface area contributed by atoms with Gasteiger partial charge in [0.1, 0.15) is 11.6 Å². The summed E-state index contributed by atoms with van der Waals surface area (Å²) >= 11 is 0. The van der Waals surface area contributed by atoms with Gasteiger partial charge in [0.05, 0.1) is 13.2 Å². The molecule has 4 rings (SSSR count). The number of ether oxygens (including phenoxy) is 1. The minimum Gasteiger partial charge on any atom is -0.497 e. The maximum absolute atomic E-state index is 5.37. The SMILES string of the molecule is COc1ccc2c(c1)CCCC(NC1CCn3c(C)cnc31)C2. The molecule has 4 heteroatoms. The van der Waals surface area contributed by atoms with Crippen LogP contribution in [0.25, 0.3) is 0 Å². The zero-order valence-electron chi connectivity index (χ0n) is 14.0. The third-order valence-electron chi connectivity index (χ3n) is 5.35. The zero-order valence-corrected chi connectivity index (χ0v) is 14.0. The van der Waals surface area contributed by atoms with Gasteiger partial charge in [-0.15, -0.1) is 0 Å². The predicted molar refractivity (Wildman–Crippen MR) is 90.9 cm³/mol. The van der Waals surface area contributed by atoms with E-state index in [4.69, 9.17) is 4.74 Å². The van der Waals surface area contributed by atoms with Gasteiger partial charge < -0.3 is 14.6 Å². The highest BCUT2D eigenvalue weighted by molar-refractivity contribution is 5.37. The molecule has 0 saturated carbocycles. The lowest BCUT2D eigenvalue weighted by Gasteiger charge is -2.21. The minimum absolute atomic E-state index is 0.411. The highest BCUT2D eigenvalue weighted by Crippen LogP contribution is 2.29. The number of nitrogens with zero attached hydrogens (tertiary/aromatic N) is 2. The fraction of sp³-hybridized carbons (Fsp3) is 0.526. The number of imidazole rings is 1. The van der Waals surface area contributed by atoms with E-state index in [1.807, 2.05) is 6.20 Å². The van der Waals surface area contributed by atoms with Gasteiger partial charge >= 0.3 is 0 Å². The molecule has 1 aliphatic carbocycles. The number of hydrogen-bond donors (Lipinski definition) is 1. The van der Waals surface area contributed by atoms with Crippen LogP contribution in [0.2, 0.25) is 0 Å². The van der Waals surface area contributed by atoms with Crippen molar-refractivity contribution in [1.29, 1.82) is 0 Å². The van der Waals surface area contributed by atoms with Gasteiger partial charge in [0.2, 0.25) is 0 Å². The maximum Gasteiger partial charge on any atom is 0.126 e. The van der Waals surface area contributed by atoms with Crippen molar-refractivity contribution in [3.8, 4) is 5.75 Å². The van der Waals surface area contributed by atoms with Gasteiger partial charge in [0.25, 0.3) is 0 Å². The molecule has 0 amide bonds. The average Bonchev–Trinajstić information content (AvgIpc) is 3.05. The number of aromatic nitrogens is 2. The number of benzene rings is 1. The van der Waals surface area contributed by atoms with Crippen LogP contribution < -0.4 is 10.1 Å². The molecule has 1 aromatic heterocycles. The molecule has 4 nitrogen and oxygen atoms in total. The van der Waals surface area contributed by atoms with E-state index in [2.05, 4.69) is 40.0 Å². The Hall–Kier alpha value is -1.81. The fourth-order valence-electron chi connectivity index (χ4n) is 4.09. The second-order valence-electron chi connectivity index (χ2n) is 6.85. The third-order valence-corrected chi connectivity index (χ3v) is 5.35. The lowest BCUT2D eigenvalue weighted by atomic mass is 10.0. The summed E-state index contributed by atoms with van der Waals surface area (Å²) in [7, 11) is 1.74. The number of hydrogen-bond acceptors (Lipinski definition) is 3. The number of methoxy groups -OCH3 is 1. The van der Waals surface area contributed by atoms with E-state index < -0.39 is 0 Å². The summed E-state index contributed by atoms with van der Waals surface area (Å²) in [6.45, 7) is 3.24. The van der Waals surface area contributed by atoms with Crippen molar-refractivity contribution >= 4 is 0 Å². The predicted octanol–water partition coefficient (Wildman–Crippen LogP) is 3.18. The Balaban J connectivity index is 1.50. The van der Waals surface area contributed by atoms with Crippen LogP contribution in [0.15, 0.2) is 24.4 Å². The van der Waals surface area contributed by atoms with Crippen molar-refractivity contribution in [1.82, 2.24) is 14.9 Å². The van der Waals surface area contributed by atoms with Crippen molar-refractivity contribution < 1.29 is 4.74 Å². The van der Waals surface area contributed by atoms with Gasteiger partial charge in [-0.25, -0.2) is 4.98 Å². The average molecular weight is 311 g/mol. The molecule has 2 unspecified atom stereocenters. The first-order valence-electron chi connectivity index (χ1n) is 8.68. The highest BCUT2D eigenvalue weighted by Gasteiger charge is 2.28. The summed E-state index contributed by atoms with van der Waals surface area (Å²) in [6, 6.07) is 7.50. The normalized spacial score (nSPS) is 23.2. The summed E-state index contributed by atoms with van der Waals surface area (Å²) < 4.78 is 7.72. The molecule has 1 aromatic carbocycles.